The summed E-state index contributed by atoms with van der Waals surface area (Å²) in [6, 6.07) is 7.27. The summed E-state index contributed by atoms with van der Waals surface area (Å²) >= 11 is 0. The maximum atomic E-state index is 12.9. The number of benzene rings is 1. The zero-order chi connectivity index (χ0) is 20.5. The number of aromatic hydroxyl groups is 1. The fraction of sp³-hybridized carbons (Fsp3) is 0.364. The van der Waals surface area contributed by atoms with E-state index in [1.54, 1.807) is 30.9 Å². The summed E-state index contributed by atoms with van der Waals surface area (Å²) in [4.78, 5) is 33.6. The molecule has 1 amide bonds. The molecule has 154 valence electrons. The number of anilines is 1. The highest BCUT2D eigenvalue weighted by Gasteiger charge is 2.30. The van der Waals surface area contributed by atoms with E-state index in [0.717, 1.165) is 42.9 Å². The first-order chi connectivity index (χ1) is 14.7. The summed E-state index contributed by atoms with van der Waals surface area (Å²) in [5, 5.41) is 9.94. The molecule has 0 bridgehead atoms. The van der Waals surface area contributed by atoms with Gasteiger partial charge >= 0.3 is 0 Å². The number of likely N-dealkylation sites (tertiary alicyclic amines) is 1. The Kier molecular flexibility index (Phi) is 4.82. The molecular weight excluding hydrogens is 380 g/mol. The average Bonchev–Trinajstić information content (AvgIpc) is 3.27. The lowest BCUT2D eigenvalue weighted by molar-refractivity contribution is 0.0718. The van der Waals surface area contributed by atoms with Gasteiger partial charge in [-0.25, -0.2) is 9.97 Å². The maximum absolute atomic E-state index is 12.9. The Morgan fingerprint density at radius 3 is 2.87 bits per heavy atom. The number of imidazole rings is 1. The van der Waals surface area contributed by atoms with Gasteiger partial charge in [-0.15, -0.1) is 0 Å². The number of carbonyl (C=O) groups excluding carboxylic acids is 1. The first-order valence-corrected chi connectivity index (χ1v) is 10.4. The summed E-state index contributed by atoms with van der Waals surface area (Å²) in [7, 11) is 0. The smallest absolute Gasteiger partial charge is 0.274 e. The molecule has 3 aromatic rings. The van der Waals surface area contributed by atoms with Crippen LogP contribution in [0.5, 0.6) is 5.75 Å². The molecule has 4 heterocycles. The Bertz CT molecular complexity index is 1060. The van der Waals surface area contributed by atoms with Gasteiger partial charge in [0.1, 0.15) is 17.3 Å². The Morgan fingerprint density at radius 1 is 1.17 bits per heavy atom. The van der Waals surface area contributed by atoms with Crippen molar-refractivity contribution in [2.75, 3.05) is 24.5 Å². The van der Waals surface area contributed by atoms with E-state index < -0.39 is 0 Å². The van der Waals surface area contributed by atoms with Crippen molar-refractivity contribution in [3.05, 3.63) is 65.6 Å². The Balaban J connectivity index is 1.44. The van der Waals surface area contributed by atoms with Crippen LogP contribution in [-0.2, 0) is 6.54 Å². The number of rotatable bonds is 3. The second-order valence-corrected chi connectivity index (χ2v) is 7.91. The molecule has 0 radical (unpaired) electrons. The third kappa shape index (κ3) is 3.49. The molecule has 0 aliphatic carbocycles. The van der Waals surface area contributed by atoms with Crippen LogP contribution in [-0.4, -0.2) is 55.5 Å². The number of hydrogen-bond acceptors (Lipinski definition) is 6. The molecule has 30 heavy (non-hydrogen) atoms. The predicted octanol–water partition coefficient (Wildman–Crippen LogP) is 2.68. The molecule has 2 N–H and O–H groups in total. The van der Waals surface area contributed by atoms with E-state index in [1.807, 2.05) is 17.0 Å². The molecule has 5 rings (SSSR count). The van der Waals surface area contributed by atoms with Crippen molar-refractivity contribution in [2.45, 2.75) is 31.7 Å². The first-order valence-electron chi connectivity index (χ1n) is 10.4. The summed E-state index contributed by atoms with van der Waals surface area (Å²) in [5.74, 6) is 0.835. The molecule has 1 fully saturated rings. The second kappa shape index (κ2) is 7.78. The number of H-pyrrole nitrogens is 1. The number of amides is 1. The normalized spacial score (nSPS) is 18.9. The van der Waals surface area contributed by atoms with Gasteiger partial charge in [0.25, 0.3) is 5.91 Å². The van der Waals surface area contributed by atoms with Gasteiger partial charge < -0.3 is 19.9 Å². The quantitative estimate of drug-likeness (QED) is 0.696. The number of hydrogen-bond donors (Lipinski definition) is 2. The van der Waals surface area contributed by atoms with E-state index in [9.17, 15) is 9.90 Å². The van der Waals surface area contributed by atoms with E-state index in [0.29, 0.717) is 24.6 Å². The number of nitrogens with zero attached hydrogens (tertiary/aromatic N) is 5. The van der Waals surface area contributed by atoms with Gasteiger partial charge in [-0.05, 0) is 37.0 Å². The van der Waals surface area contributed by atoms with Crippen molar-refractivity contribution in [2.24, 2.45) is 0 Å². The van der Waals surface area contributed by atoms with Crippen LogP contribution in [0.3, 0.4) is 0 Å². The third-order valence-electron chi connectivity index (χ3n) is 5.91. The Morgan fingerprint density at radius 2 is 2.03 bits per heavy atom. The molecule has 1 saturated heterocycles. The van der Waals surface area contributed by atoms with E-state index in [-0.39, 0.29) is 17.6 Å². The zero-order valence-electron chi connectivity index (χ0n) is 16.7. The minimum absolute atomic E-state index is 0.0182. The Labute approximate surface area is 174 Å². The molecular formula is C22H24N6O2. The van der Waals surface area contributed by atoms with Crippen LogP contribution in [0.15, 0.2) is 43.0 Å². The van der Waals surface area contributed by atoms with E-state index >= 15 is 0 Å². The van der Waals surface area contributed by atoms with Crippen LogP contribution >= 0.6 is 0 Å². The van der Waals surface area contributed by atoms with Gasteiger partial charge in [0.05, 0.1) is 36.7 Å². The lowest BCUT2D eigenvalue weighted by Gasteiger charge is -2.33. The van der Waals surface area contributed by atoms with Gasteiger partial charge in [0.2, 0.25) is 0 Å². The summed E-state index contributed by atoms with van der Waals surface area (Å²) in [6.45, 7) is 2.81. The van der Waals surface area contributed by atoms with Crippen molar-refractivity contribution < 1.29 is 9.90 Å². The van der Waals surface area contributed by atoms with E-state index in [2.05, 4.69) is 24.8 Å². The minimum atomic E-state index is -0.0483. The molecule has 2 aliphatic rings. The van der Waals surface area contributed by atoms with Crippen molar-refractivity contribution in [1.29, 1.82) is 0 Å². The van der Waals surface area contributed by atoms with Gasteiger partial charge in [0.15, 0.2) is 0 Å². The van der Waals surface area contributed by atoms with Gasteiger partial charge in [0, 0.05) is 25.6 Å². The molecule has 1 atom stereocenters. The monoisotopic (exact) mass is 404 g/mol. The van der Waals surface area contributed by atoms with Crippen LogP contribution < -0.4 is 4.90 Å². The van der Waals surface area contributed by atoms with Crippen LogP contribution in [0.25, 0.3) is 0 Å². The van der Waals surface area contributed by atoms with Crippen molar-refractivity contribution in [3.63, 3.8) is 0 Å². The van der Waals surface area contributed by atoms with Crippen molar-refractivity contribution in [1.82, 2.24) is 24.8 Å². The highest BCUT2D eigenvalue weighted by Crippen LogP contribution is 2.34. The van der Waals surface area contributed by atoms with Crippen LogP contribution in [0.4, 0.5) is 5.82 Å². The molecule has 8 nitrogen and oxygen atoms in total. The fourth-order valence-corrected chi connectivity index (χ4v) is 4.37. The SMILES string of the molecule is O=C(c1cncc(N2Cc3[nH]cnc3C(c3cccc(O)c3)C2)n1)N1CCCCC1. The lowest BCUT2D eigenvalue weighted by Crippen LogP contribution is -2.37. The highest BCUT2D eigenvalue weighted by molar-refractivity contribution is 5.92. The second-order valence-electron chi connectivity index (χ2n) is 7.91. The van der Waals surface area contributed by atoms with Crippen LogP contribution in [0.1, 0.15) is 52.6 Å². The molecule has 2 aromatic heterocycles. The Hall–Kier alpha value is -3.42. The molecule has 1 aromatic carbocycles. The number of aromatic nitrogens is 4. The summed E-state index contributed by atoms with van der Waals surface area (Å²) in [5.41, 5.74) is 3.36. The number of phenols is 1. The summed E-state index contributed by atoms with van der Waals surface area (Å²) in [6.07, 6.45) is 8.21. The third-order valence-corrected chi connectivity index (χ3v) is 5.91. The van der Waals surface area contributed by atoms with Crippen LogP contribution in [0.2, 0.25) is 0 Å². The fourth-order valence-electron chi connectivity index (χ4n) is 4.37. The number of piperidine rings is 1. The standard InChI is InChI=1S/C22H24N6O2/c29-16-6-4-5-15(9-16)17-12-28(13-19-21(17)25-14-24-19)20-11-23-10-18(26-20)22(30)27-7-2-1-3-8-27/h4-6,9-11,14,17,29H,1-3,7-8,12-13H2,(H,24,25). The highest BCUT2D eigenvalue weighted by atomic mass is 16.3. The van der Waals surface area contributed by atoms with Gasteiger partial charge in [-0.1, -0.05) is 12.1 Å². The number of phenolic OH excluding ortho intramolecular Hbond substituents is 1. The topological polar surface area (TPSA) is 98.2 Å². The number of nitrogens with one attached hydrogen (secondary N) is 1. The average molecular weight is 404 g/mol. The van der Waals surface area contributed by atoms with Gasteiger partial charge in [-0.3, -0.25) is 9.78 Å². The number of carbonyl (C=O) groups is 1. The first kappa shape index (κ1) is 18.6. The van der Waals surface area contributed by atoms with Crippen molar-refractivity contribution in [3.8, 4) is 5.75 Å². The number of fused-ring (bicyclic) bond motifs is 1. The van der Waals surface area contributed by atoms with Crippen LogP contribution in [0, 0.1) is 0 Å². The minimum Gasteiger partial charge on any atom is -0.508 e. The molecule has 8 heteroatoms. The van der Waals surface area contributed by atoms with E-state index in [1.165, 1.54) is 6.42 Å². The predicted molar refractivity (Wildman–Crippen MR) is 111 cm³/mol. The number of aromatic amines is 1. The maximum Gasteiger partial charge on any atom is 0.274 e. The largest absolute Gasteiger partial charge is 0.508 e. The molecule has 0 spiro atoms. The summed E-state index contributed by atoms with van der Waals surface area (Å²) < 4.78 is 0. The molecule has 0 saturated carbocycles. The molecule has 1 unspecified atom stereocenters. The zero-order valence-corrected chi connectivity index (χ0v) is 16.7. The van der Waals surface area contributed by atoms with Gasteiger partial charge in [-0.2, -0.15) is 0 Å². The molecule has 2 aliphatic heterocycles. The lowest BCUT2D eigenvalue weighted by atomic mass is 9.91. The van der Waals surface area contributed by atoms with Crippen molar-refractivity contribution >= 4 is 11.7 Å². The van der Waals surface area contributed by atoms with E-state index in [4.69, 9.17) is 0 Å².